The highest BCUT2D eigenvalue weighted by atomic mass is 16.5. The van der Waals surface area contributed by atoms with Crippen molar-refractivity contribution in [2.24, 2.45) is 0 Å². The monoisotopic (exact) mass is 327 g/mol. The van der Waals surface area contributed by atoms with Crippen LogP contribution < -0.4 is 19.5 Å². The number of methoxy groups -OCH3 is 2. The van der Waals surface area contributed by atoms with Gasteiger partial charge in [-0.15, -0.1) is 0 Å². The fourth-order valence-electron chi connectivity index (χ4n) is 2.89. The Morgan fingerprint density at radius 1 is 1.21 bits per heavy atom. The molecule has 0 radical (unpaired) electrons. The molecule has 2 aromatic carbocycles. The van der Waals surface area contributed by atoms with Crippen molar-refractivity contribution in [3.05, 3.63) is 53.6 Å². The van der Waals surface area contributed by atoms with E-state index in [1.165, 1.54) is 0 Å². The zero-order chi connectivity index (χ0) is 17.1. The molecular weight excluding hydrogens is 306 g/mol. The molecular formula is C19H21NO4. The minimum Gasteiger partial charge on any atom is -0.497 e. The number of hydrogen-bond donors (Lipinski definition) is 1. The zero-order valence-corrected chi connectivity index (χ0v) is 14.0. The van der Waals surface area contributed by atoms with Crippen LogP contribution in [-0.4, -0.2) is 26.2 Å². The number of carbonyl (C=O) groups is 1. The van der Waals surface area contributed by atoms with Gasteiger partial charge in [0.15, 0.2) is 6.10 Å². The third kappa shape index (κ3) is 3.15. The van der Waals surface area contributed by atoms with Gasteiger partial charge in [-0.3, -0.25) is 4.79 Å². The molecule has 1 amide bonds. The van der Waals surface area contributed by atoms with Crippen molar-refractivity contribution in [1.29, 1.82) is 0 Å². The lowest BCUT2D eigenvalue weighted by molar-refractivity contribution is -0.127. The van der Waals surface area contributed by atoms with Gasteiger partial charge in [0.05, 0.1) is 20.3 Å². The van der Waals surface area contributed by atoms with E-state index in [4.69, 9.17) is 14.2 Å². The number of ether oxygens (including phenoxy) is 3. The van der Waals surface area contributed by atoms with Crippen molar-refractivity contribution >= 4 is 5.91 Å². The SMILES string of the molecule is COc1ccc(OC)c([C@@H](C)NC(=O)[C@@H]2Cc3ccccc3O2)c1. The Bertz CT molecular complexity index is 719. The summed E-state index contributed by atoms with van der Waals surface area (Å²) in [6, 6.07) is 13.0. The second kappa shape index (κ2) is 6.83. The first-order chi connectivity index (χ1) is 11.6. The van der Waals surface area contributed by atoms with E-state index in [0.717, 1.165) is 22.6 Å². The standard InChI is InChI=1S/C19H21NO4/c1-12(15-11-14(22-2)8-9-17(15)23-3)20-19(21)18-10-13-6-4-5-7-16(13)24-18/h4-9,11-12,18H,10H2,1-3H3,(H,20,21)/t12-,18+/m1/s1. The number of hydrogen-bond acceptors (Lipinski definition) is 4. The van der Waals surface area contributed by atoms with Gasteiger partial charge in [-0.2, -0.15) is 0 Å². The molecule has 1 N–H and O–H groups in total. The maximum absolute atomic E-state index is 12.5. The number of rotatable bonds is 5. The van der Waals surface area contributed by atoms with Crippen LogP contribution in [0, 0.1) is 0 Å². The predicted molar refractivity (Wildman–Crippen MR) is 90.7 cm³/mol. The van der Waals surface area contributed by atoms with Crippen LogP contribution in [0.3, 0.4) is 0 Å². The van der Waals surface area contributed by atoms with Crippen LogP contribution in [0.25, 0.3) is 0 Å². The van der Waals surface area contributed by atoms with Gasteiger partial charge < -0.3 is 19.5 Å². The van der Waals surface area contributed by atoms with Crippen LogP contribution in [-0.2, 0) is 11.2 Å². The second-order valence-electron chi connectivity index (χ2n) is 5.76. The van der Waals surface area contributed by atoms with Gasteiger partial charge in [-0.25, -0.2) is 0 Å². The van der Waals surface area contributed by atoms with Crippen molar-refractivity contribution in [1.82, 2.24) is 5.32 Å². The molecule has 0 fully saturated rings. The van der Waals surface area contributed by atoms with Gasteiger partial charge in [0.2, 0.25) is 0 Å². The molecule has 2 aromatic rings. The van der Waals surface area contributed by atoms with Crippen molar-refractivity contribution < 1.29 is 19.0 Å². The highest BCUT2D eigenvalue weighted by Crippen LogP contribution is 2.31. The van der Waals surface area contributed by atoms with E-state index >= 15 is 0 Å². The Kier molecular flexibility index (Phi) is 4.60. The van der Waals surface area contributed by atoms with E-state index in [1.54, 1.807) is 14.2 Å². The average Bonchev–Trinajstić information content (AvgIpc) is 3.05. The Morgan fingerprint density at radius 3 is 2.71 bits per heavy atom. The number of carbonyl (C=O) groups excluding carboxylic acids is 1. The van der Waals surface area contributed by atoms with Crippen LogP contribution in [0.1, 0.15) is 24.1 Å². The molecule has 0 spiro atoms. The molecule has 2 atom stereocenters. The Hall–Kier alpha value is -2.69. The average molecular weight is 327 g/mol. The summed E-state index contributed by atoms with van der Waals surface area (Å²) in [6.45, 7) is 1.91. The van der Waals surface area contributed by atoms with E-state index in [0.29, 0.717) is 12.2 Å². The van der Waals surface area contributed by atoms with Gasteiger partial charge in [-0.1, -0.05) is 18.2 Å². The van der Waals surface area contributed by atoms with Crippen LogP contribution in [0.2, 0.25) is 0 Å². The van der Waals surface area contributed by atoms with Crippen LogP contribution in [0.5, 0.6) is 17.2 Å². The summed E-state index contributed by atoms with van der Waals surface area (Å²) in [5.74, 6) is 2.07. The summed E-state index contributed by atoms with van der Waals surface area (Å²) in [5.41, 5.74) is 1.92. The summed E-state index contributed by atoms with van der Waals surface area (Å²) in [5, 5.41) is 3.00. The first-order valence-corrected chi connectivity index (χ1v) is 7.89. The molecule has 5 heteroatoms. The first kappa shape index (κ1) is 16.2. The third-order valence-corrected chi connectivity index (χ3v) is 4.20. The largest absolute Gasteiger partial charge is 0.497 e. The lowest BCUT2D eigenvalue weighted by Gasteiger charge is -2.20. The van der Waals surface area contributed by atoms with E-state index in [2.05, 4.69) is 5.32 Å². The molecule has 0 aromatic heterocycles. The molecule has 24 heavy (non-hydrogen) atoms. The van der Waals surface area contributed by atoms with Gasteiger partial charge in [0.1, 0.15) is 17.2 Å². The Balaban J connectivity index is 1.71. The van der Waals surface area contributed by atoms with E-state index in [9.17, 15) is 4.79 Å². The fraction of sp³-hybridized carbons (Fsp3) is 0.316. The van der Waals surface area contributed by atoms with Crippen molar-refractivity contribution in [2.45, 2.75) is 25.5 Å². The summed E-state index contributed by atoms with van der Waals surface area (Å²) in [6.07, 6.45) is 0.0886. The van der Waals surface area contributed by atoms with Gasteiger partial charge >= 0.3 is 0 Å². The molecule has 0 bridgehead atoms. The number of benzene rings is 2. The van der Waals surface area contributed by atoms with Crippen molar-refractivity contribution in [2.75, 3.05) is 14.2 Å². The van der Waals surface area contributed by atoms with Crippen LogP contribution >= 0.6 is 0 Å². The van der Waals surface area contributed by atoms with Gasteiger partial charge in [-0.05, 0) is 36.8 Å². The fourth-order valence-corrected chi connectivity index (χ4v) is 2.89. The topological polar surface area (TPSA) is 56.8 Å². The lowest BCUT2D eigenvalue weighted by atomic mass is 10.1. The molecule has 0 unspecified atom stereocenters. The van der Waals surface area contributed by atoms with E-state index in [-0.39, 0.29) is 11.9 Å². The maximum atomic E-state index is 12.5. The number of amides is 1. The number of fused-ring (bicyclic) bond motifs is 1. The number of nitrogens with one attached hydrogen (secondary N) is 1. The molecule has 5 nitrogen and oxygen atoms in total. The third-order valence-electron chi connectivity index (χ3n) is 4.20. The van der Waals surface area contributed by atoms with Gasteiger partial charge in [0.25, 0.3) is 5.91 Å². The molecule has 0 aliphatic carbocycles. The Labute approximate surface area is 141 Å². The van der Waals surface area contributed by atoms with Crippen LogP contribution in [0.15, 0.2) is 42.5 Å². The Morgan fingerprint density at radius 2 is 2.00 bits per heavy atom. The summed E-state index contributed by atoms with van der Waals surface area (Å²) >= 11 is 0. The van der Waals surface area contributed by atoms with E-state index in [1.807, 2.05) is 49.4 Å². The highest BCUT2D eigenvalue weighted by molar-refractivity contribution is 5.83. The molecule has 0 saturated heterocycles. The van der Waals surface area contributed by atoms with Crippen molar-refractivity contribution in [3.63, 3.8) is 0 Å². The summed E-state index contributed by atoms with van der Waals surface area (Å²) < 4.78 is 16.4. The molecule has 1 heterocycles. The minimum atomic E-state index is -0.499. The number of para-hydroxylation sites is 1. The summed E-state index contributed by atoms with van der Waals surface area (Å²) in [4.78, 5) is 12.5. The molecule has 1 aliphatic rings. The lowest BCUT2D eigenvalue weighted by Crippen LogP contribution is -2.38. The summed E-state index contributed by atoms with van der Waals surface area (Å²) in [7, 11) is 3.22. The predicted octanol–water partition coefficient (Wildman–Crippen LogP) is 2.88. The first-order valence-electron chi connectivity index (χ1n) is 7.89. The van der Waals surface area contributed by atoms with Gasteiger partial charge in [0, 0.05) is 12.0 Å². The zero-order valence-electron chi connectivity index (χ0n) is 14.0. The quantitative estimate of drug-likeness (QED) is 0.917. The van der Waals surface area contributed by atoms with E-state index < -0.39 is 6.10 Å². The maximum Gasteiger partial charge on any atom is 0.261 e. The van der Waals surface area contributed by atoms with Crippen molar-refractivity contribution in [3.8, 4) is 17.2 Å². The minimum absolute atomic E-state index is 0.136. The van der Waals surface area contributed by atoms with Crippen LogP contribution in [0.4, 0.5) is 0 Å². The highest BCUT2D eigenvalue weighted by Gasteiger charge is 2.30. The second-order valence-corrected chi connectivity index (χ2v) is 5.76. The normalized spacial score (nSPS) is 16.7. The molecule has 1 aliphatic heterocycles. The smallest absolute Gasteiger partial charge is 0.261 e. The molecule has 0 saturated carbocycles. The molecule has 3 rings (SSSR count). The molecule has 126 valence electrons.